The summed E-state index contributed by atoms with van der Waals surface area (Å²) < 4.78 is 65.4. The highest BCUT2D eigenvalue weighted by Crippen LogP contribution is 2.27. The van der Waals surface area contributed by atoms with Crippen molar-refractivity contribution in [2.24, 2.45) is 0 Å². The molecule has 0 unspecified atom stereocenters. The number of benzene rings is 1. The van der Waals surface area contributed by atoms with Gasteiger partial charge < -0.3 is 20.1 Å². The number of esters is 1. The van der Waals surface area contributed by atoms with E-state index in [0.29, 0.717) is 19.4 Å². The Morgan fingerprint density at radius 3 is 1.72 bits per heavy atom. The first kappa shape index (κ1) is 42.3. The van der Waals surface area contributed by atoms with Gasteiger partial charge in [0, 0.05) is 31.1 Å². The molecule has 0 saturated heterocycles. The minimum atomic E-state index is -1.85. The zero-order valence-electron chi connectivity index (χ0n) is 29.4. The van der Waals surface area contributed by atoms with Crippen molar-refractivity contribution < 1.29 is 41.4 Å². The van der Waals surface area contributed by atoms with Crippen molar-refractivity contribution in [2.75, 3.05) is 6.61 Å². The first-order chi connectivity index (χ1) is 22.1. The van der Waals surface area contributed by atoms with Crippen LogP contribution < -0.4 is 15.4 Å². The molecule has 0 aliphatic heterocycles. The molecule has 0 bridgehead atoms. The molecule has 0 aliphatic rings. The van der Waals surface area contributed by atoms with Crippen molar-refractivity contribution in [1.29, 1.82) is 0 Å². The van der Waals surface area contributed by atoms with Crippen LogP contribution in [0, 0.1) is 23.3 Å². The topological polar surface area (TPSA) is 93.7 Å². The summed E-state index contributed by atoms with van der Waals surface area (Å²) in [7, 11) is 0. The number of hydrogen-bond acceptors (Lipinski definition) is 5. The normalized spacial score (nSPS) is 12.6. The lowest BCUT2D eigenvalue weighted by Crippen LogP contribution is -2.53. The largest absolute Gasteiger partial charge is 0.420 e. The highest BCUT2D eigenvalue weighted by molar-refractivity contribution is 5.88. The number of amides is 2. The van der Waals surface area contributed by atoms with Gasteiger partial charge in [-0.25, -0.2) is 8.78 Å². The quantitative estimate of drug-likeness (QED) is 0.0375. The lowest BCUT2D eigenvalue weighted by atomic mass is 9.99. The summed E-state index contributed by atoms with van der Waals surface area (Å²) in [5.74, 6) is -10.8. The Bertz CT molecular complexity index is 1080. The predicted molar refractivity (Wildman–Crippen MR) is 176 cm³/mol. The summed E-state index contributed by atoms with van der Waals surface area (Å²) in [4.78, 5) is 38.5. The van der Waals surface area contributed by atoms with Gasteiger partial charge in [-0.3, -0.25) is 14.4 Å². The summed E-state index contributed by atoms with van der Waals surface area (Å²) >= 11 is 0. The van der Waals surface area contributed by atoms with Gasteiger partial charge in [-0.05, 0) is 53.9 Å². The second-order valence-corrected chi connectivity index (χ2v) is 14.0. The van der Waals surface area contributed by atoms with Crippen LogP contribution >= 0.6 is 0 Å². The second kappa shape index (κ2) is 22.0. The summed E-state index contributed by atoms with van der Waals surface area (Å²) in [5, 5.41) is 5.53. The molecule has 1 aromatic rings. The Balaban J connectivity index is 2.65. The molecule has 0 spiro atoms. The molecule has 0 radical (unpaired) electrons. The minimum Gasteiger partial charge on any atom is -0.420 e. The van der Waals surface area contributed by atoms with E-state index in [1.807, 2.05) is 20.8 Å². The Hall–Kier alpha value is -2.69. The molecule has 0 saturated carbocycles. The molecule has 11 heteroatoms. The molecule has 47 heavy (non-hydrogen) atoms. The van der Waals surface area contributed by atoms with Gasteiger partial charge in [0.25, 0.3) is 0 Å². The van der Waals surface area contributed by atoms with E-state index in [-0.39, 0.29) is 30.4 Å². The van der Waals surface area contributed by atoms with Gasteiger partial charge >= 0.3 is 5.97 Å². The third kappa shape index (κ3) is 19.0. The summed E-state index contributed by atoms with van der Waals surface area (Å²) in [6.07, 6.45) is 14.9. The van der Waals surface area contributed by atoms with E-state index in [9.17, 15) is 31.9 Å². The Labute approximate surface area is 279 Å². The Morgan fingerprint density at radius 1 is 0.745 bits per heavy atom. The molecule has 0 fully saturated rings. The van der Waals surface area contributed by atoms with Gasteiger partial charge in [0.05, 0.1) is 5.60 Å². The number of rotatable bonds is 24. The lowest BCUT2D eigenvalue weighted by Gasteiger charge is -2.30. The van der Waals surface area contributed by atoms with Crippen molar-refractivity contribution in [3.63, 3.8) is 0 Å². The van der Waals surface area contributed by atoms with Crippen LogP contribution in [0.2, 0.25) is 0 Å². The van der Waals surface area contributed by atoms with Crippen LogP contribution in [0.15, 0.2) is 6.07 Å². The molecule has 7 nitrogen and oxygen atoms in total. The number of carbonyl (C=O) groups is 3. The molecule has 1 rings (SSSR count). The number of unbranched alkanes of at least 4 members (excludes halogenated alkanes) is 12. The van der Waals surface area contributed by atoms with Crippen molar-refractivity contribution >= 4 is 17.8 Å². The van der Waals surface area contributed by atoms with E-state index in [1.165, 1.54) is 57.8 Å². The first-order valence-corrected chi connectivity index (χ1v) is 17.4. The summed E-state index contributed by atoms with van der Waals surface area (Å²) in [5.41, 5.74) is -1.10. The molecule has 0 aliphatic carbocycles. The predicted octanol–water partition coefficient (Wildman–Crippen LogP) is 8.99. The first-order valence-electron chi connectivity index (χ1n) is 17.4. The fourth-order valence-electron chi connectivity index (χ4n) is 5.00. The molecular weight excluding hydrogens is 616 g/mol. The SMILES string of the molecule is CCCCCCCCCCCCCCCC(=O)N[C@@H](CCC(=O)Oc1c(F)c(F)cc(F)c1F)C(=O)NC(C)(C)CCOC(C)(C)C. The van der Waals surface area contributed by atoms with E-state index in [4.69, 9.17) is 4.74 Å². The monoisotopic (exact) mass is 674 g/mol. The average molecular weight is 675 g/mol. The van der Waals surface area contributed by atoms with E-state index in [2.05, 4.69) is 22.3 Å². The molecular formula is C36H58F4N2O5. The van der Waals surface area contributed by atoms with Gasteiger partial charge in [-0.2, -0.15) is 8.78 Å². The van der Waals surface area contributed by atoms with Crippen molar-refractivity contribution in [1.82, 2.24) is 10.6 Å². The molecule has 1 atom stereocenters. The number of nitrogens with one attached hydrogen (secondary N) is 2. The molecule has 0 heterocycles. The second-order valence-electron chi connectivity index (χ2n) is 14.0. The van der Waals surface area contributed by atoms with Gasteiger partial charge in [0.15, 0.2) is 11.6 Å². The Kier molecular flexibility index (Phi) is 19.9. The highest BCUT2D eigenvalue weighted by atomic mass is 19.2. The Morgan fingerprint density at radius 2 is 1.23 bits per heavy atom. The van der Waals surface area contributed by atoms with E-state index in [1.54, 1.807) is 13.8 Å². The van der Waals surface area contributed by atoms with Gasteiger partial charge in [-0.15, -0.1) is 0 Å². The van der Waals surface area contributed by atoms with Gasteiger partial charge in [0.2, 0.25) is 29.2 Å². The standard InChI is InChI=1S/C36H58F4N2O5/c1-7-8-9-10-11-12-13-14-15-16-17-18-19-20-29(43)41-28(34(45)42-36(5,6)23-24-46-35(2,3)4)21-22-30(44)47-33-31(39)26(37)25-27(38)32(33)40/h25,28H,7-24H2,1-6H3,(H,41,43)(H,42,45)/t28-/m0/s1. The third-order valence-electron chi connectivity index (χ3n) is 7.81. The maximum atomic E-state index is 14.0. The molecule has 1 aromatic carbocycles. The third-order valence-corrected chi connectivity index (χ3v) is 7.81. The molecule has 2 N–H and O–H groups in total. The van der Waals surface area contributed by atoms with Crippen LogP contribution in [-0.2, 0) is 19.1 Å². The highest BCUT2D eigenvalue weighted by Gasteiger charge is 2.29. The van der Waals surface area contributed by atoms with Gasteiger partial charge in [0.1, 0.15) is 6.04 Å². The van der Waals surface area contributed by atoms with Crippen molar-refractivity contribution in [3.05, 3.63) is 29.3 Å². The maximum Gasteiger partial charge on any atom is 0.311 e. The van der Waals surface area contributed by atoms with E-state index < -0.39 is 58.9 Å². The number of carbonyl (C=O) groups excluding carboxylic acids is 3. The van der Waals surface area contributed by atoms with Crippen LogP contribution in [0.5, 0.6) is 5.75 Å². The van der Waals surface area contributed by atoms with Crippen LogP contribution in [0.25, 0.3) is 0 Å². The van der Waals surface area contributed by atoms with E-state index >= 15 is 0 Å². The summed E-state index contributed by atoms with van der Waals surface area (Å²) in [6, 6.07) is -1.16. The number of ether oxygens (including phenoxy) is 2. The zero-order valence-corrected chi connectivity index (χ0v) is 29.4. The average Bonchev–Trinajstić information content (AvgIpc) is 2.97. The number of halogens is 4. The fraction of sp³-hybridized carbons (Fsp3) is 0.750. The maximum absolute atomic E-state index is 14.0. The number of hydrogen-bond donors (Lipinski definition) is 2. The van der Waals surface area contributed by atoms with E-state index in [0.717, 1.165) is 19.3 Å². The van der Waals surface area contributed by atoms with Crippen molar-refractivity contribution in [2.45, 2.75) is 168 Å². The van der Waals surface area contributed by atoms with Crippen LogP contribution in [0.3, 0.4) is 0 Å². The van der Waals surface area contributed by atoms with Crippen LogP contribution in [0.4, 0.5) is 17.6 Å². The van der Waals surface area contributed by atoms with Gasteiger partial charge in [-0.1, -0.05) is 84.0 Å². The summed E-state index contributed by atoms with van der Waals surface area (Å²) in [6.45, 7) is 11.9. The smallest absolute Gasteiger partial charge is 0.311 e. The lowest BCUT2D eigenvalue weighted by molar-refractivity contribution is -0.136. The molecule has 0 aromatic heterocycles. The van der Waals surface area contributed by atoms with Crippen LogP contribution in [-0.4, -0.2) is 41.6 Å². The molecule has 2 amide bonds. The fourth-order valence-corrected chi connectivity index (χ4v) is 5.00. The molecule has 270 valence electrons. The van der Waals surface area contributed by atoms with Crippen LogP contribution in [0.1, 0.15) is 151 Å². The minimum absolute atomic E-state index is 0.00344. The zero-order chi connectivity index (χ0) is 35.5. The van der Waals surface area contributed by atoms with Crippen molar-refractivity contribution in [3.8, 4) is 5.75 Å².